The summed E-state index contributed by atoms with van der Waals surface area (Å²) in [6.07, 6.45) is 1.85. The highest BCUT2D eigenvalue weighted by Gasteiger charge is 2.34. The lowest BCUT2D eigenvalue weighted by molar-refractivity contribution is 0.0513. The van der Waals surface area contributed by atoms with Crippen molar-refractivity contribution in [2.75, 3.05) is 39.8 Å². The van der Waals surface area contributed by atoms with Gasteiger partial charge in [0.1, 0.15) is 0 Å². The molecule has 0 amide bonds. The van der Waals surface area contributed by atoms with Gasteiger partial charge in [-0.3, -0.25) is 9.88 Å². The van der Waals surface area contributed by atoms with Crippen LogP contribution in [0.1, 0.15) is 12.6 Å². The fraction of sp³-hybridized carbons (Fsp3) is 0.615. The van der Waals surface area contributed by atoms with Crippen LogP contribution in [0.4, 0.5) is 0 Å². The van der Waals surface area contributed by atoms with Crippen LogP contribution in [-0.4, -0.2) is 54.6 Å². The molecule has 94 valence electrons. The van der Waals surface area contributed by atoms with Gasteiger partial charge in [-0.25, -0.2) is 0 Å². The SMILES string of the molecule is CN1CCN(C(C)(CN)c2ccccn2)CC1. The molecule has 0 aromatic carbocycles. The molecule has 4 nitrogen and oxygen atoms in total. The van der Waals surface area contributed by atoms with E-state index in [-0.39, 0.29) is 5.54 Å². The minimum absolute atomic E-state index is 0.136. The van der Waals surface area contributed by atoms with Gasteiger partial charge in [0.25, 0.3) is 0 Å². The zero-order valence-corrected chi connectivity index (χ0v) is 10.8. The van der Waals surface area contributed by atoms with Crippen LogP contribution in [0.5, 0.6) is 0 Å². The van der Waals surface area contributed by atoms with E-state index in [2.05, 4.69) is 34.8 Å². The molecule has 1 unspecified atom stereocenters. The topological polar surface area (TPSA) is 45.4 Å². The van der Waals surface area contributed by atoms with Crippen molar-refractivity contribution in [1.29, 1.82) is 0 Å². The van der Waals surface area contributed by atoms with Gasteiger partial charge >= 0.3 is 0 Å². The van der Waals surface area contributed by atoms with Crippen molar-refractivity contribution in [2.24, 2.45) is 5.73 Å². The molecule has 0 spiro atoms. The molecule has 1 aromatic heterocycles. The smallest absolute Gasteiger partial charge is 0.0729 e. The number of nitrogens with two attached hydrogens (primary N) is 1. The zero-order chi connectivity index (χ0) is 12.3. The lowest BCUT2D eigenvalue weighted by atomic mass is 9.94. The second-order valence-corrected chi connectivity index (χ2v) is 4.98. The quantitative estimate of drug-likeness (QED) is 0.827. The standard InChI is InChI=1S/C13H22N4/c1-13(11-14,12-5-3-4-6-15-12)17-9-7-16(2)8-10-17/h3-6H,7-11,14H2,1-2H3. The average molecular weight is 234 g/mol. The van der Waals surface area contributed by atoms with E-state index in [1.807, 2.05) is 18.3 Å². The third-order valence-corrected chi connectivity index (χ3v) is 3.82. The van der Waals surface area contributed by atoms with Crippen LogP contribution < -0.4 is 5.73 Å². The van der Waals surface area contributed by atoms with Gasteiger partial charge in [0, 0.05) is 38.9 Å². The Bertz CT molecular complexity index is 346. The molecule has 1 saturated heterocycles. The van der Waals surface area contributed by atoms with Crippen LogP contribution in [0, 0.1) is 0 Å². The molecular weight excluding hydrogens is 212 g/mol. The van der Waals surface area contributed by atoms with Crippen molar-refractivity contribution in [3.63, 3.8) is 0 Å². The molecule has 2 N–H and O–H groups in total. The van der Waals surface area contributed by atoms with Crippen molar-refractivity contribution in [3.8, 4) is 0 Å². The lowest BCUT2D eigenvalue weighted by Gasteiger charge is -2.44. The highest BCUT2D eigenvalue weighted by atomic mass is 15.3. The Morgan fingerprint density at radius 3 is 2.53 bits per heavy atom. The maximum absolute atomic E-state index is 6.01. The van der Waals surface area contributed by atoms with E-state index in [4.69, 9.17) is 5.73 Å². The molecule has 0 radical (unpaired) electrons. The lowest BCUT2D eigenvalue weighted by Crippen LogP contribution is -2.56. The van der Waals surface area contributed by atoms with E-state index in [0.29, 0.717) is 6.54 Å². The molecule has 0 aliphatic carbocycles. The first-order valence-corrected chi connectivity index (χ1v) is 6.22. The molecule has 0 bridgehead atoms. The molecule has 1 fully saturated rings. The first-order chi connectivity index (χ1) is 8.16. The molecule has 1 atom stereocenters. The molecule has 2 heterocycles. The Kier molecular flexibility index (Phi) is 3.76. The van der Waals surface area contributed by atoms with Crippen molar-refractivity contribution < 1.29 is 0 Å². The summed E-state index contributed by atoms with van der Waals surface area (Å²) in [5.41, 5.74) is 6.95. The third-order valence-electron chi connectivity index (χ3n) is 3.82. The number of piperazine rings is 1. The van der Waals surface area contributed by atoms with Gasteiger partial charge in [0.2, 0.25) is 0 Å². The van der Waals surface area contributed by atoms with Crippen LogP contribution in [0.15, 0.2) is 24.4 Å². The first kappa shape index (κ1) is 12.5. The summed E-state index contributed by atoms with van der Waals surface area (Å²) in [4.78, 5) is 9.29. The third kappa shape index (κ3) is 2.49. The van der Waals surface area contributed by atoms with Crippen molar-refractivity contribution in [3.05, 3.63) is 30.1 Å². The first-order valence-electron chi connectivity index (χ1n) is 6.22. The average Bonchev–Trinajstić information content (AvgIpc) is 2.40. The minimum atomic E-state index is -0.136. The Hall–Kier alpha value is -0.970. The molecule has 4 heteroatoms. The summed E-state index contributed by atoms with van der Waals surface area (Å²) in [6, 6.07) is 6.06. The normalized spacial score (nSPS) is 22.3. The van der Waals surface area contributed by atoms with Crippen molar-refractivity contribution >= 4 is 0 Å². The van der Waals surface area contributed by atoms with E-state index < -0.39 is 0 Å². The monoisotopic (exact) mass is 234 g/mol. The second kappa shape index (κ2) is 5.12. The Labute approximate surface area is 103 Å². The maximum atomic E-state index is 6.01. The van der Waals surface area contributed by atoms with Gasteiger partial charge in [0.15, 0.2) is 0 Å². The van der Waals surface area contributed by atoms with E-state index in [0.717, 1.165) is 31.9 Å². The van der Waals surface area contributed by atoms with E-state index >= 15 is 0 Å². The number of nitrogens with zero attached hydrogens (tertiary/aromatic N) is 3. The van der Waals surface area contributed by atoms with E-state index in [1.165, 1.54) is 0 Å². The number of hydrogen-bond donors (Lipinski definition) is 1. The highest BCUT2D eigenvalue weighted by Crippen LogP contribution is 2.26. The predicted molar refractivity (Wildman–Crippen MR) is 69.7 cm³/mol. The molecule has 17 heavy (non-hydrogen) atoms. The van der Waals surface area contributed by atoms with Gasteiger partial charge in [-0.15, -0.1) is 0 Å². The van der Waals surface area contributed by atoms with E-state index in [9.17, 15) is 0 Å². The van der Waals surface area contributed by atoms with Crippen LogP contribution in [0.25, 0.3) is 0 Å². The van der Waals surface area contributed by atoms with Crippen molar-refractivity contribution in [1.82, 2.24) is 14.8 Å². The number of hydrogen-bond acceptors (Lipinski definition) is 4. The number of aromatic nitrogens is 1. The summed E-state index contributed by atoms with van der Waals surface area (Å²) in [7, 11) is 2.16. The number of rotatable bonds is 3. The second-order valence-electron chi connectivity index (χ2n) is 4.98. The summed E-state index contributed by atoms with van der Waals surface area (Å²) in [6.45, 7) is 7.11. The van der Waals surface area contributed by atoms with E-state index in [1.54, 1.807) is 0 Å². The Morgan fingerprint density at radius 1 is 1.29 bits per heavy atom. The molecular formula is C13H22N4. The van der Waals surface area contributed by atoms with Crippen LogP contribution in [0.2, 0.25) is 0 Å². The molecule has 1 aromatic rings. The van der Waals surface area contributed by atoms with Gasteiger partial charge in [-0.2, -0.15) is 0 Å². The largest absolute Gasteiger partial charge is 0.328 e. The molecule has 1 aliphatic rings. The molecule has 0 saturated carbocycles. The summed E-state index contributed by atoms with van der Waals surface area (Å²) in [5.74, 6) is 0. The zero-order valence-electron chi connectivity index (χ0n) is 10.8. The maximum Gasteiger partial charge on any atom is 0.0729 e. The minimum Gasteiger partial charge on any atom is -0.328 e. The van der Waals surface area contributed by atoms with Crippen LogP contribution >= 0.6 is 0 Å². The van der Waals surface area contributed by atoms with Gasteiger partial charge < -0.3 is 10.6 Å². The predicted octanol–water partition coefficient (Wildman–Crippen LogP) is 0.503. The highest BCUT2D eigenvalue weighted by molar-refractivity contribution is 5.16. The Balaban J connectivity index is 2.19. The van der Waals surface area contributed by atoms with Gasteiger partial charge in [0.05, 0.1) is 11.2 Å². The summed E-state index contributed by atoms with van der Waals surface area (Å²) in [5, 5.41) is 0. The van der Waals surface area contributed by atoms with Crippen LogP contribution in [0.3, 0.4) is 0 Å². The fourth-order valence-electron chi connectivity index (χ4n) is 2.38. The van der Waals surface area contributed by atoms with Crippen molar-refractivity contribution in [2.45, 2.75) is 12.5 Å². The number of pyridine rings is 1. The van der Waals surface area contributed by atoms with Gasteiger partial charge in [-0.05, 0) is 26.1 Å². The summed E-state index contributed by atoms with van der Waals surface area (Å²) >= 11 is 0. The number of likely N-dealkylation sites (N-methyl/N-ethyl adjacent to an activating group) is 1. The molecule has 1 aliphatic heterocycles. The van der Waals surface area contributed by atoms with Gasteiger partial charge in [-0.1, -0.05) is 6.07 Å². The molecule has 2 rings (SSSR count). The fourth-order valence-corrected chi connectivity index (χ4v) is 2.38. The van der Waals surface area contributed by atoms with Crippen LogP contribution in [-0.2, 0) is 5.54 Å². The Morgan fingerprint density at radius 2 is 2.00 bits per heavy atom. The summed E-state index contributed by atoms with van der Waals surface area (Å²) < 4.78 is 0.